The Morgan fingerprint density at radius 3 is 2.93 bits per heavy atom. The van der Waals surface area contributed by atoms with Crippen molar-refractivity contribution in [2.24, 2.45) is 5.73 Å². The Balaban J connectivity index is 2.59. The summed E-state index contributed by atoms with van der Waals surface area (Å²) < 4.78 is 5.27. The number of hydrogen-bond donors (Lipinski definition) is 2. The van der Waals surface area contributed by atoms with Crippen LogP contribution in [0.15, 0.2) is 24.3 Å². The molecule has 4 nitrogen and oxygen atoms in total. The molecule has 0 fully saturated rings. The van der Waals surface area contributed by atoms with Gasteiger partial charge in [0.25, 0.3) is 0 Å². The van der Waals surface area contributed by atoms with Crippen molar-refractivity contribution >= 4 is 5.91 Å². The molecular weight excluding hydrogens is 182 g/mol. The van der Waals surface area contributed by atoms with Crippen LogP contribution in [0.5, 0.6) is 5.75 Å². The van der Waals surface area contributed by atoms with Gasteiger partial charge in [-0.1, -0.05) is 6.07 Å². The Bertz CT molecular complexity index is 312. The first-order valence-electron chi connectivity index (χ1n) is 4.37. The van der Waals surface area contributed by atoms with E-state index in [-0.39, 0.29) is 6.61 Å². The van der Waals surface area contributed by atoms with Gasteiger partial charge in [-0.05, 0) is 18.2 Å². The first-order valence-corrected chi connectivity index (χ1v) is 4.37. The Kier molecular flexibility index (Phi) is 3.94. The SMILES string of the molecule is NC(=O)c1cccc(OCCCO)c1. The highest BCUT2D eigenvalue weighted by molar-refractivity contribution is 5.93. The summed E-state index contributed by atoms with van der Waals surface area (Å²) >= 11 is 0. The second-order valence-electron chi connectivity index (χ2n) is 2.82. The maximum absolute atomic E-state index is 10.8. The second kappa shape index (κ2) is 5.24. The van der Waals surface area contributed by atoms with Crippen LogP contribution in [0.2, 0.25) is 0 Å². The summed E-state index contributed by atoms with van der Waals surface area (Å²) in [4.78, 5) is 10.8. The zero-order valence-electron chi connectivity index (χ0n) is 7.77. The molecule has 0 heterocycles. The third-order valence-electron chi connectivity index (χ3n) is 1.69. The molecule has 0 aromatic heterocycles. The Morgan fingerprint density at radius 2 is 2.29 bits per heavy atom. The summed E-state index contributed by atoms with van der Waals surface area (Å²) in [6.45, 7) is 0.522. The Morgan fingerprint density at radius 1 is 1.50 bits per heavy atom. The summed E-state index contributed by atoms with van der Waals surface area (Å²) in [5.74, 6) is 0.118. The van der Waals surface area contributed by atoms with E-state index in [4.69, 9.17) is 15.6 Å². The highest BCUT2D eigenvalue weighted by atomic mass is 16.5. The molecule has 76 valence electrons. The molecule has 0 atom stereocenters. The van der Waals surface area contributed by atoms with Crippen molar-refractivity contribution in [2.75, 3.05) is 13.2 Å². The molecule has 3 N–H and O–H groups in total. The molecule has 0 aliphatic carbocycles. The summed E-state index contributed by atoms with van der Waals surface area (Å²) in [7, 11) is 0. The average Bonchev–Trinajstić information content (AvgIpc) is 2.19. The molecule has 4 heteroatoms. The van der Waals surface area contributed by atoms with Crippen LogP contribution in [-0.4, -0.2) is 24.2 Å². The summed E-state index contributed by atoms with van der Waals surface area (Å²) in [5.41, 5.74) is 5.53. The molecule has 0 aliphatic rings. The van der Waals surface area contributed by atoms with Gasteiger partial charge in [0, 0.05) is 18.6 Å². The lowest BCUT2D eigenvalue weighted by atomic mass is 10.2. The van der Waals surface area contributed by atoms with E-state index >= 15 is 0 Å². The van der Waals surface area contributed by atoms with Crippen molar-refractivity contribution in [1.29, 1.82) is 0 Å². The van der Waals surface area contributed by atoms with Gasteiger partial charge in [-0.15, -0.1) is 0 Å². The van der Waals surface area contributed by atoms with Gasteiger partial charge in [0.2, 0.25) is 5.91 Å². The zero-order chi connectivity index (χ0) is 10.4. The molecule has 0 unspecified atom stereocenters. The van der Waals surface area contributed by atoms with Gasteiger partial charge < -0.3 is 15.6 Å². The lowest BCUT2D eigenvalue weighted by Gasteiger charge is -2.05. The van der Waals surface area contributed by atoms with Gasteiger partial charge in [-0.25, -0.2) is 0 Å². The number of ether oxygens (including phenoxy) is 1. The van der Waals surface area contributed by atoms with Gasteiger partial charge in [0.05, 0.1) is 6.61 Å². The fourth-order valence-corrected chi connectivity index (χ4v) is 0.994. The molecule has 1 aromatic carbocycles. The minimum Gasteiger partial charge on any atom is -0.493 e. The monoisotopic (exact) mass is 195 g/mol. The Hall–Kier alpha value is -1.55. The average molecular weight is 195 g/mol. The highest BCUT2D eigenvalue weighted by Gasteiger charge is 2.01. The van der Waals surface area contributed by atoms with Crippen molar-refractivity contribution in [2.45, 2.75) is 6.42 Å². The molecule has 0 aliphatic heterocycles. The maximum Gasteiger partial charge on any atom is 0.248 e. The van der Waals surface area contributed by atoms with Crippen LogP contribution in [0.3, 0.4) is 0 Å². The number of carbonyl (C=O) groups excluding carboxylic acids is 1. The molecule has 0 saturated carbocycles. The normalized spacial score (nSPS) is 9.79. The van der Waals surface area contributed by atoms with Gasteiger partial charge in [-0.2, -0.15) is 0 Å². The number of hydrogen-bond acceptors (Lipinski definition) is 3. The fourth-order valence-electron chi connectivity index (χ4n) is 0.994. The minimum atomic E-state index is -0.474. The second-order valence-corrected chi connectivity index (χ2v) is 2.82. The van der Waals surface area contributed by atoms with Crippen molar-refractivity contribution in [1.82, 2.24) is 0 Å². The van der Waals surface area contributed by atoms with E-state index in [9.17, 15) is 4.79 Å². The number of amides is 1. The predicted octanol–water partition coefficient (Wildman–Crippen LogP) is 0.547. The molecule has 0 radical (unpaired) electrons. The van der Waals surface area contributed by atoms with E-state index in [0.717, 1.165) is 0 Å². The minimum absolute atomic E-state index is 0.0928. The maximum atomic E-state index is 10.8. The van der Waals surface area contributed by atoms with Crippen LogP contribution in [-0.2, 0) is 0 Å². The van der Waals surface area contributed by atoms with Crippen LogP contribution in [0, 0.1) is 0 Å². The van der Waals surface area contributed by atoms with Gasteiger partial charge >= 0.3 is 0 Å². The third-order valence-corrected chi connectivity index (χ3v) is 1.69. The zero-order valence-corrected chi connectivity index (χ0v) is 7.77. The van der Waals surface area contributed by atoms with Gasteiger partial charge in [-0.3, -0.25) is 4.79 Å². The third kappa shape index (κ3) is 3.06. The van der Waals surface area contributed by atoms with E-state index in [1.54, 1.807) is 24.3 Å². The first kappa shape index (κ1) is 10.5. The molecule has 0 bridgehead atoms. The van der Waals surface area contributed by atoms with E-state index in [1.807, 2.05) is 0 Å². The molecule has 0 saturated heterocycles. The molecule has 1 aromatic rings. The van der Waals surface area contributed by atoms with Crippen LogP contribution < -0.4 is 10.5 Å². The molecule has 0 spiro atoms. The quantitative estimate of drug-likeness (QED) is 0.674. The number of carbonyl (C=O) groups is 1. The summed E-state index contributed by atoms with van der Waals surface area (Å²) in [5, 5.41) is 8.53. The van der Waals surface area contributed by atoms with E-state index in [0.29, 0.717) is 24.3 Å². The van der Waals surface area contributed by atoms with Crippen LogP contribution in [0.4, 0.5) is 0 Å². The lowest BCUT2D eigenvalue weighted by molar-refractivity contribution is 0.0999. The standard InChI is InChI=1S/C10H13NO3/c11-10(13)8-3-1-4-9(7-8)14-6-2-5-12/h1,3-4,7,12H,2,5-6H2,(H2,11,13). The number of benzene rings is 1. The number of rotatable bonds is 5. The van der Waals surface area contributed by atoms with Crippen LogP contribution in [0.1, 0.15) is 16.8 Å². The topological polar surface area (TPSA) is 72.6 Å². The molecule has 1 rings (SSSR count). The van der Waals surface area contributed by atoms with Crippen LogP contribution in [0.25, 0.3) is 0 Å². The van der Waals surface area contributed by atoms with Crippen molar-refractivity contribution in [3.63, 3.8) is 0 Å². The molecular formula is C10H13NO3. The van der Waals surface area contributed by atoms with E-state index < -0.39 is 5.91 Å². The predicted molar refractivity (Wildman–Crippen MR) is 52.2 cm³/mol. The van der Waals surface area contributed by atoms with Crippen LogP contribution >= 0.6 is 0 Å². The molecule has 14 heavy (non-hydrogen) atoms. The largest absolute Gasteiger partial charge is 0.493 e. The number of aliphatic hydroxyl groups is 1. The van der Waals surface area contributed by atoms with Gasteiger partial charge in [0.1, 0.15) is 5.75 Å². The molecule has 1 amide bonds. The van der Waals surface area contributed by atoms with Crippen molar-refractivity contribution in [3.05, 3.63) is 29.8 Å². The Labute approximate surface area is 82.3 Å². The van der Waals surface area contributed by atoms with E-state index in [2.05, 4.69) is 0 Å². The number of primary amides is 1. The van der Waals surface area contributed by atoms with Crippen molar-refractivity contribution in [3.8, 4) is 5.75 Å². The summed E-state index contributed by atoms with van der Waals surface area (Å²) in [6.07, 6.45) is 0.570. The first-order chi connectivity index (χ1) is 6.74. The fraction of sp³-hybridized carbons (Fsp3) is 0.300. The number of aliphatic hydroxyl groups excluding tert-OH is 1. The van der Waals surface area contributed by atoms with Gasteiger partial charge in [0.15, 0.2) is 0 Å². The number of nitrogens with two attached hydrogens (primary N) is 1. The summed E-state index contributed by atoms with van der Waals surface area (Å²) in [6, 6.07) is 6.65. The van der Waals surface area contributed by atoms with E-state index in [1.165, 1.54) is 0 Å². The lowest BCUT2D eigenvalue weighted by Crippen LogP contribution is -2.11. The highest BCUT2D eigenvalue weighted by Crippen LogP contribution is 2.12. The van der Waals surface area contributed by atoms with Crippen molar-refractivity contribution < 1.29 is 14.6 Å². The smallest absolute Gasteiger partial charge is 0.248 e.